The number of aromatic nitrogens is 1. The molecule has 0 aliphatic carbocycles. The maximum atomic E-state index is 13.3. The van der Waals surface area contributed by atoms with Crippen molar-refractivity contribution in [3.8, 4) is 17.2 Å². The van der Waals surface area contributed by atoms with E-state index in [9.17, 15) is 4.39 Å². The normalized spacial score (nSPS) is 10.7. The zero-order chi connectivity index (χ0) is 18.5. The van der Waals surface area contributed by atoms with Crippen LogP contribution in [0.3, 0.4) is 0 Å². The highest BCUT2D eigenvalue weighted by atomic mass is 19.1. The highest BCUT2D eigenvalue weighted by molar-refractivity contribution is 5.79. The van der Waals surface area contributed by atoms with E-state index in [1.54, 1.807) is 18.3 Å². The number of pyridine rings is 1. The van der Waals surface area contributed by atoms with E-state index < -0.39 is 0 Å². The molecule has 3 aromatic carbocycles. The average Bonchev–Trinajstić information content (AvgIpc) is 2.68. The number of hydrogen-bond acceptors (Lipinski definition) is 3. The summed E-state index contributed by atoms with van der Waals surface area (Å²) in [7, 11) is 0. The summed E-state index contributed by atoms with van der Waals surface area (Å²) in [5.41, 5.74) is 2.04. The van der Waals surface area contributed by atoms with Crippen LogP contribution >= 0.6 is 0 Å². The van der Waals surface area contributed by atoms with E-state index in [1.165, 1.54) is 12.1 Å². The Balaban J connectivity index is 1.38. The van der Waals surface area contributed by atoms with Crippen LogP contribution in [0.25, 0.3) is 10.9 Å². The smallest absolute Gasteiger partial charge is 0.130 e. The maximum Gasteiger partial charge on any atom is 0.130 e. The van der Waals surface area contributed by atoms with Crippen molar-refractivity contribution in [2.24, 2.45) is 0 Å². The first-order valence-corrected chi connectivity index (χ1v) is 8.76. The zero-order valence-electron chi connectivity index (χ0n) is 14.6. The van der Waals surface area contributed by atoms with E-state index in [4.69, 9.17) is 9.47 Å². The van der Waals surface area contributed by atoms with Gasteiger partial charge in [-0.25, -0.2) is 4.39 Å². The van der Waals surface area contributed by atoms with Gasteiger partial charge in [0.15, 0.2) is 0 Å². The lowest BCUT2D eigenvalue weighted by Gasteiger charge is -2.09. The van der Waals surface area contributed by atoms with Gasteiger partial charge in [0.05, 0.1) is 12.1 Å². The van der Waals surface area contributed by atoms with E-state index in [-0.39, 0.29) is 5.82 Å². The number of hydrogen-bond donors (Lipinski definition) is 0. The largest absolute Gasteiger partial charge is 0.493 e. The molecule has 1 aromatic heterocycles. The van der Waals surface area contributed by atoms with Crippen molar-refractivity contribution in [3.63, 3.8) is 0 Å². The van der Waals surface area contributed by atoms with Crippen molar-refractivity contribution in [2.75, 3.05) is 6.61 Å². The minimum Gasteiger partial charge on any atom is -0.493 e. The molecule has 4 rings (SSSR count). The maximum absolute atomic E-state index is 13.3. The first kappa shape index (κ1) is 17.0. The molecule has 0 aliphatic rings. The Morgan fingerprint density at radius 3 is 2.52 bits per heavy atom. The Bertz CT molecular complexity index is 1060. The molecule has 0 amide bonds. The first-order valence-electron chi connectivity index (χ1n) is 8.76. The molecule has 0 saturated heterocycles. The van der Waals surface area contributed by atoms with Crippen LogP contribution in [-0.2, 0) is 6.42 Å². The second-order valence-electron chi connectivity index (χ2n) is 6.16. The van der Waals surface area contributed by atoms with E-state index in [0.717, 1.165) is 28.6 Å². The summed E-state index contributed by atoms with van der Waals surface area (Å²) in [4.78, 5) is 4.31. The van der Waals surface area contributed by atoms with Gasteiger partial charge in [-0.2, -0.15) is 0 Å². The Morgan fingerprint density at radius 1 is 0.778 bits per heavy atom. The Labute approximate surface area is 157 Å². The van der Waals surface area contributed by atoms with Gasteiger partial charge < -0.3 is 9.47 Å². The molecule has 0 fully saturated rings. The summed E-state index contributed by atoms with van der Waals surface area (Å²) in [5.74, 6) is 1.66. The third kappa shape index (κ3) is 4.42. The molecule has 4 heteroatoms. The molecule has 134 valence electrons. The number of rotatable bonds is 6. The minimum atomic E-state index is -0.317. The molecule has 27 heavy (non-hydrogen) atoms. The number of fused-ring (bicyclic) bond motifs is 1. The van der Waals surface area contributed by atoms with Gasteiger partial charge in [-0.1, -0.05) is 24.3 Å². The Morgan fingerprint density at radius 2 is 1.63 bits per heavy atom. The molecule has 0 unspecified atom stereocenters. The number of nitrogens with zero attached hydrogens (tertiary/aromatic N) is 1. The van der Waals surface area contributed by atoms with E-state index in [1.807, 2.05) is 54.6 Å². The van der Waals surface area contributed by atoms with Crippen LogP contribution < -0.4 is 9.47 Å². The van der Waals surface area contributed by atoms with Crippen molar-refractivity contribution in [1.29, 1.82) is 0 Å². The molecule has 0 radical (unpaired) electrons. The fourth-order valence-corrected chi connectivity index (χ4v) is 2.86. The predicted octanol–water partition coefficient (Wildman–Crippen LogP) is 5.79. The summed E-state index contributed by atoms with van der Waals surface area (Å²) in [5, 5.41) is 1.06. The highest BCUT2D eigenvalue weighted by Gasteiger charge is 2.02. The van der Waals surface area contributed by atoms with E-state index in [0.29, 0.717) is 18.1 Å². The second kappa shape index (κ2) is 7.87. The van der Waals surface area contributed by atoms with Crippen LogP contribution in [-0.4, -0.2) is 11.6 Å². The first-order chi connectivity index (χ1) is 13.3. The Kier molecular flexibility index (Phi) is 4.97. The van der Waals surface area contributed by atoms with Crippen LogP contribution in [0.4, 0.5) is 4.39 Å². The van der Waals surface area contributed by atoms with Gasteiger partial charge in [0.25, 0.3) is 0 Å². The van der Waals surface area contributed by atoms with Crippen molar-refractivity contribution in [1.82, 2.24) is 4.98 Å². The van der Waals surface area contributed by atoms with Crippen molar-refractivity contribution < 1.29 is 13.9 Å². The van der Waals surface area contributed by atoms with Gasteiger partial charge in [-0.3, -0.25) is 4.98 Å². The lowest BCUT2D eigenvalue weighted by molar-refractivity contribution is 0.322. The third-order valence-corrected chi connectivity index (χ3v) is 4.16. The zero-order valence-corrected chi connectivity index (χ0v) is 14.6. The van der Waals surface area contributed by atoms with Crippen LogP contribution in [0, 0.1) is 5.82 Å². The summed E-state index contributed by atoms with van der Waals surface area (Å²) < 4.78 is 24.9. The molecular formula is C23H18FNO2. The van der Waals surface area contributed by atoms with Crippen LogP contribution in [0.15, 0.2) is 85.1 Å². The molecule has 0 atom stereocenters. The third-order valence-electron chi connectivity index (χ3n) is 4.16. The molecular weight excluding hydrogens is 341 g/mol. The topological polar surface area (TPSA) is 31.4 Å². The van der Waals surface area contributed by atoms with Gasteiger partial charge in [0, 0.05) is 24.1 Å². The molecule has 0 saturated carbocycles. The minimum absolute atomic E-state index is 0.317. The van der Waals surface area contributed by atoms with Gasteiger partial charge in [-0.05, 0) is 54.1 Å². The van der Waals surface area contributed by atoms with E-state index in [2.05, 4.69) is 4.98 Å². The summed E-state index contributed by atoms with van der Waals surface area (Å²) >= 11 is 0. The molecule has 0 aliphatic heterocycles. The van der Waals surface area contributed by atoms with Crippen molar-refractivity contribution >= 4 is 10.9 Å². The van der Waals surface area contributed by atoms with Gasteiger partial charge in [0.2, 0.25) is 0 Å². The molecule has 3 nitrogen and oxygen atoms in total. The predicted molar refractivity (Wildman–Crippen MR) is 104 cm³/mol. The summed E-state index contributed by atoms with van der Waals surface area (Å²) in [6, 6.07) is 23.7. The molecule has 0 N–H and O–H groups in total. The SMILES string of the molecule is Fc1cccc(Oc2cccc(CCOc3ccc4ncccc4c3)c2)c1. The van der Waals surface area contributed by atoms with Gasteiger partial charge >= 0.3 is 0 Å². The van der Waals surface area contributed by atoms with Crippen molar-refractivity contribution in [3.05, 3.63) is 96.4 Å². The highest BCUT2D eigenvalue weighted by Crippen LogP contribution is 2.23. The number of ether oxygens (including phenoxy) is 2. The lowest BCUT2D eigenvalue weighted by atomic mass is 10.1. The van der Waals surface area contributed by atoms with E-state index >= 15 is 0 Å². The van der Waals surface area contributed by atoms with Gasteiger partial charge in [0.1, 0.15) is 23.1 Å². The lowest BCUT2D eigenvalue weighted by Crippen LogP contribution is -2.01. The molecule has 0 spiro atoms. The Hall–Kier alpha value is -3.40. The molecule has 1 heterocycles. The van der Waals surface area contributed by atoms with Crippen LogP contribution in [0.5, 0.6) is 17.2 Å². The summed E-state index contributed by atoms with van der Waals surface area (Å²) in [6.45, 7) is 0.551. The van der Waals surface area contributed by atoms with Crippen LogP contribution in [0.1, 0.15) is 5.56 Å². The average molecular weight is 359 g/mol. The van der Waals surface area contributed by atoms with Gasteiger partial charge in [-0.15, -0.1) is 0 Å². The molecule has 4 aromatic rings. The monoisotopic (exact) mass is 359 g/mol. The number of benzene rings is 3. The quantitative estimate of drug-likeness (QED) is 0.437. The standard InChI is InChI=1S/C23H18FNO2/c24-19-6-2-8-22(16-19)27-21-7-1-4-17(14-21)11-13-26-20-9-10-23-18(15-20)5-3-12-25-23/h1-10,12,14-16H,11,13H2. The fourth-order valence-electron chi connectivity index (χ4n) is 2.86. The number of halogens is 1. The fraction of sp³-hybridized carbons (Fsp3) is 0.0870. The summed E-state index contributed by atoms with van der Waals surface area (Å²) in [6.07, 6.45) is 2.52. The molecule has 0 bridgehead atoms. The second-order valence-corrected chi connectivity index (χ2v) is 6.16. The van der Waals surface area contributed by atoms with Crippen molar-refractivity contribution in [2.45, 2.75) is 6.42 Å². The van der Waals surface area contributed by atoms with Crippen LogP contribution in [0.2, 0.25) is 0 Å².